The first-order valence-corrected chi connectivity index (χ1v) is 9.67. The standard InChI is InChI=1S/C22H23NOS/c1-6-7-10-14-13-15-18-21(2,3)16-11-8-9-12-17(16)23(18)22(4,5)19(15)25-20(14)24/h1,8-9,11-13,19H,7,10H2,2-5H3. The monoisotopic (exact) mass is 349 g/mol. The van der Waals surface area contributed by atoms with E-state index < -0.39 is 0 Å². The molecule has 0 amide bonds. The van der Waals surface area contributed by atoms with Gasteiger partial charge in [-0.05, 0) is 43.5 Å². The Kier molecular flexibility index (Phi) is 3.50. The molecule has 1 aromatic rings. The van der Waals surface area contributed by atoms with Gasteiger partial charge in [-0.25, -0.2) is 0 Å². The van der Waals surface area contributed by atoms with Gasteiger partial charge in [0.2, 0.25) is 5.12 Å². The van der Waals surface area contributed by atoms with Crippen LogP contribution in [0.15, 0.2) is 47.2 Å². The number of anilines is 1. The normalized spacial score (nSPS) is 25.2. The molecule has 0 N–H and O–H groups in total. The van der Waals surface area contributed by atoms with E-state index in [9.17, 15) is 4.79 Å². The van der Waals surface area contributed by atoms with Crippen LogP contribution in [-0.4, -0.2) is 15.9 Å². The van der Waals surface area contributed by atoms with Gasteiger partial charge in [0.25, 0.3) is 0 Å². The van der Waals surface area contributed by atoms with E-state index in [1.807, 2.05) is 0 Å². The summed E-state index contributed by atoms with van der Waals surface area (Å²) < 4.78 is 0. The van der Waals surface area contributed by atoms with Crippen LogP contribution in [0.2, 0.25) is 0 Å². The summed E-state index contributed by atoms with van der Waals surface area (Å²) in [6, 6.07) is 8.66. The molecule has 3 heteroatoms. The van der Waals surface area contributed by atoms with Gasteiger partial charge < -0.3 is 4.90 Å². The Bertz CT molecular complexity index is 882. The van der Waals surface area contributed by atoms with Gasteiger partial charge in [-0.1, -0.05) is 43.8 Å². The molecular formula is C22H23NOS. The van der Waals surface area contributed by atoms with Gasteiger partial charge in [0, 0.05) is 28.8 Å². The number of hydrogen-bond acceptors (Lipinski definition) is 3. The largest absolute Gasteiger partial charge is 0.337 e. The van der Waals surface area contributed by atoms with Gasteiger partial charge >= 0.3 is 0 Å². The fourth-order valence-electron chi connectivity index (χ4n) is 4.60. The highest BCUT2D eigenvalue weighted by atomic mass is 32.2. The third kappa shape index (κ3) is 2.10. The van der Waals surface area contributed by atoms with Gasteiger partial charge in [0.15, 0.2) is 0 Å². The van der Waals surface area contributed by atoms with Crippen LogP contribution in [0.5, 0.6) is 0 Å². The summed E-state index contributed by atoms with van der Waals surface area (Å²) in [6.45, 7) is 9.10. The zero-order valence-electron chi connectivity index (χ0n) is 15.2. The average molecular weight is 349 g/mol. The molecule has 0 saturated carbocycles. The second-order valence-electron chi connectivity index (χ2n) is 8.09. The highest BCUT2D eigenvalue weighted by molar-refractivity contribution is 8.15. The van der Waals surface area contributed by atoms with Crippen molar-refractivity contribution in [1.29, 1.82) is 0 Å². The molecule has 1 atom stereocenters. The van der Waals surface area contributed by atoms with E-state index in [1.54, 1.807) is 0 Å². The number of fused-ring (bicyclic) bond motifs is 4. The Labute approximate surface area is 154 Å². The van der Waals surface area contributed by atoms with E-state index in [0.29, 0.717) is 12.8 Å². The van der Waals surface area contributed by atoms with Crippen LogP contribution in [0.3, 0.4) is 0 Å². The molecule has 0 radical (unpaired) electrons. The smallest absolute Gasteiger partial charge is 0.216 e. The fourth-order valence-corrected chi connectivity index (χ4v) is 5.82. The topological polar surface area (TPSA) is 20.3 Å². The molecule has 25 heavy (non-hydrogen) atoms. The summed E-state index contributed by atoms with van der Waals surface area (Å²) in [4.78, 5) is 15.1. The van der Waals surface area contributed by atoms with Crippen molar-refractivity contribution in [3.63, 3.8) is 0 Å². The van der Waals surface area contributed by atoms with Crippen molar-refractivity contribution < 1.29 is 4.79 Å². The Hall–Kier alpha value is -1.92. The number of terminal acetylenes is 1. The van der Waals surface area contributed by atoms with Crippen LogP contribution < -0.4 is 4.90 Å². The summed E-state index contributed by atoms with van der Waals surface area (Å²) in [5, 5.41) is 0.349. The highest BCUT2D eigenvalue weighted by Gasteiger charge is 2.57. The van der Waals surface area contributed by atoms with Crippen LogP contribution >= 0.6 is 11.8 Å². The molecule has 0 aromatic heterocycles. The SMILES string of the molecule is C#CCCC1=CC2=C3N(c4ccccc4C3(C)C)C(C)(C)C2SC1=O. The van der Waals surface area contributed by atoms with Crippen LogP contribution in [0.25, 0.3) is 0 Å². The van der Waals surface area contributed by atoms with E-state index in [-0.39, 0.29) is 21.3 Å². The van der Waals surface area contributed by atoms with Crippen LogP contribution in [-0.2, 0) is 10.2 Å². The van der Waals surface area contributed by atoms with Gasteiger partial charge in [-0.3, -0.25) is 4.79 Å². The van der Waals surface area contributed by atoms with Crippen LogP contribution in [0.4, 0.5) is 5.69 Å². The summed E-state index contributed by atoms with van der Waals surface area (Å²) in [7, 11) is 0. The van der Waals surface area contributed by atoms with Gasteiger partial charge in [0.1, 0.15) is 0 Å². The predicted molar refractivity (Wildman–Crippen MR) is 106 cm³/mol. The summed E-state index contributed by atoms with van der Waals surface area (Å²) >= 11 is 1.48. The lowest BCUT2D eigenvalue weighted by molar-refractivity contribution is -0.108. The maximum absolute atomic E-state index is 12.6. The first-order chi connectivity index (χ1) is 11.8. The quantitative estimate of drug-likeness (QED) is 0.715. The zero-order valence-corrected chi connectivity index (χ0v) is 16.0. The highest BCUT2D eigenvalue weighted by Crippen LogP contribution is 2.60. The molecule has 3 aliphatic heterocycles. The molecule has 3 aliphatic rings. The van der Waals surface area contributed by atoms with Crippen molar-refractivity contribution in [3.05, 3.63) is 52.7 Å². The summed E-state index contributed by atoms with van der Waals surface area (Å²) in [5.41, 5.74) is 5.97. The van der Waals surface area contributed by atoms with Gasteiger partial charge in [-0.2, -0.15) is 0 Å². The van der Waals surface area contributed by atoms with Crippen molar-refractivity contribution in [2.45, 2.75) is 56.7 Å². The minimum Gasteiger partial charge on any atom is -0.337 e. The lowest BCUT2D eigenvalue weighted by atomic mass is 9.81. The molecule has 0 spiro atoms. The number of para-hydroxylation sites is 1. The molecule has 0 saturated heterocycles. The minimum atomic E-state index is -0.136. The van der Waals surface area contributed by atoms with Crippen molar-refractivity contribution >= 4 is 22.6 Å². The first-order valence-electron chi connectivity index (χ1n) is 8.79. The van der Waals surface area contributed by atoms with Gasteiger partial charge in [-0.15, -0.1) is 12.3 Å². The number of rotatable bonds is 2. The van der Waals surface area contributed by atoms with Gasteiger partial charge in [0.05, 0.1) is 10.8 Å². The molecule has 0 aliphatic carbocycles. The first kappa shape index (κ1) is 16.5. The molecular weight excluding hydrogens is 326 g/mol. The average Bonchev–Trinajstić information content (AvgIpc) is 2.95. The van der Waals surface area contributed by atoms with Crippen molar-refractivity contribution in [1.82, 2.24) is 0 Å². The number of hydrogen-bond donors (Lipinski definition) is 0. The van der Waals surface area contributed by atoms with E-state index in [1.165, 1.54) is 34.3 Å². The molecule has 0 bridgehead atoms. The summed E-state index contributed by atoms with van der Waals surface area (Å²) in [5.74, 6) is 2.66. The fraction of sp³-hybridized carbons (Fsp3) is 0.409. The second-order valence-corrected chi connectivity index (χ2v) is 9.17. The predicted octanol–water partition coefficient (Wildman–Crippen LogP) is 4.81. The second kappa shape index (κ2) is 5.29. The Morgan fingerprint density at radius 2 is 1.96 bits per heavy atom. The molecule has 1 unspecified atom stereocenters. The number of nitrogens with zero attached hydrogens (tertiary/aromatic N) is 1. The number of allylic oxidation sites excluding steroid dienone is 2. The zero-order chi connectivity index (χ0) is 18.0. The van der Waals surface area contributed by atoms with E-state index in [0.717, 1.165) is 5.57 Å². The minimum absolute atomic E-state index is 0.0629. The van der Waals surface area contributed by atoms with E-state index >= 15 is 0 Å². The maximum Gasteiger partial charge on any atom is 0.216 e. The van der Waals surface area contributed by atoms with Crippen LogP contribution in [0, 0.1) is 12.3 Å². The van der Waals surface area contributed by atoms with E-state index in [4.69, 9.17) is 6.42 Å². The van der Waals surface area contributed by atoms with Crippen LogP contribution in [0.1, 0.15) is 46.1 Å². The molecule has 2 nitrogen and oxygen atoms in total. The number of carbonyl (C=O) groups excluding carboxylic acids is 1. The third-order valence-electron chi connectivity index (χ3n) is 5.76. The molecule has 128 valence electrons. The molecule has 3 heterocycles. The lowest BCUT2D eigenvalue weighted by Crippen LogP contribution is -2.46. The van der Waals surface area contributed by atoms with Crippen molar-refractivity contribution in [2.24, 2.45) is 0 Å². The number of benzene rings is 1. The van der Waals surface area contributed by atoms with E-state index in [2.05, 4.69) is 68.9 Å². The van der Waals surface area contributed by atoms with Crippen molar-refractivity contribution in [3.8, 4) is 12.3 Å². The Morgan fingerprint density at radius 1 is 1.24 bits per heavy atom. The third-order valence-corrected chi connectivity index (χ3v) is 7.31. The maximum atomic E-state index is 12.6. The lowest BCUT2D eigenvalue weighted by Gasteiger charge is -2.38. The Balaban J connectivity index is 1.94. The molecule has 0 fully saturated rings. The van der Waals surface area contributed by atoms with Crippen molar-refractivity contribution in [2.75, 3.05) is 4.90 Å². The number of thioether (sulfide) groups is 1. The molecule has 1 aromatic carbocycles. The Morgan fingerprint density at radius 3 is 2.68 bits per heavy atom. The molecule has 4 rings (SSSR count). The summed E-state index contributed by atoms with van der Waals surface area (Å²) in [6.07, 6.45) is 8.84. The number of carbonyl (C=O) groups is 1.